The van der Waals surface area contributed by atoms with Crippen molar-refractivity contribution in [2.75, 3.05) is 20.1 Å². The summed E-state index contributed by atoms with van der Waals surface area (Å²) in [5, 5.41) is 12.8. The number of nitrogens with one attached hydrogen (secondary N) is 1. The number of rotatable bonds is 5. The second-order valence-corrected chi connectivity index (χ2v) is 6.92. The summed E-state index contributed by atoms with van der Waals surface area (Å²) in [7, 11) is 2.07. The molecule has 1 fully saturated rings. The molecule has 27 heavy (non-hydrogen) atoms. The van der Waals surface area contributed by atoms with Gasteiger partial charge in [0.15, 0.2) is 0 Å². The van der Waals surface area contributed by atoms with Gasteiger partial charge in [-0.05, 0) is 51.2 Å². The Morgan fingerprint density at radius 1 is 1.30 bits per heavy atom. The highest BCUT2D eigenvalue weighted by atomic mass is 19.1. The number of phenolic OH excluding ortho intramolecular Hbond substituents is 1. The van der Waals surface area contributed by atoms with E-state index in [2.05, 4.69) is 22.2 Å². The number of urea groups is 1. The fourth-order valence-electron chi connectivity index (χ4n) is 3.28. The van der Waals surface area contributed by atoms with Crippen LogP contribution in [0.5, 0.6) is 5.75 Å². The molecule has 1 saturated heterocycles. The molecule has 2 amide bonds. The lowest BCUT2D eigenvalue weighted by atomic mass is 10.0. The summed E-state index contributed by atoms with van der Waals surface area (Å²) in [4.78, 5) is 21.0. The number of nitrogens with zero attached hydrogens (tertiary/aromatic N) is 3. The maximum atomic E-state index is 13.1. The average molecular weight is 372 g/mol. The lowest BCUT2D eigenvalue weighted by Gasteiger charge is -2.37. The molecule has 2 heterocycles. The predicted molar refractivity (Wildman–Crippen MR) is 101 cm³/mol. The third-order valence-electron chi connectivity index (χ3n) is 4.93. The number of benzene rings is 1. The van der Waals surface area contributed by atoms with Crippen LogP contribution in [0.1, 0.15) is 24.1 Å². The third-order valence-corrected chi connectivity index (χ3v) is 4.93. The topological polar surface area (TPSA) is 68.7 Å². The Morgan fingerprint density at radius 3 is 2.70 bits per heavy atom. The van der Waals surface area contributed by atoms with E-state index < -0.39 is 5.82 Å². The van der Waals surface area contributed by atoms with E-state index in [1.165, 1.54) is 12.3 Å². The molecule has 0 radical (unpaired) electrons. The molecule has 0 bridgehead atoms. The highest BCUT2D eigenvalue weighted by Gasteiger charge is 2.27. The van der Waals surface area contributed by atoms with E-state index >= 15 is 0 Å². The fourth-order valence-corrected chi connectivity index (χ4v) is 3.28. The third kappa shape index (κ3) is 5.17. The molecule has 0 atom stereocenters. The molecule has 144 valence electrons. The van der Waals surface area contributed by atoms with E-state index in [1.807, 2.05) is 6.07 Å². The minimum absolute atomic E-state index is 0.0948. The van der Waals surface area contributed by atoms with Crippen molar-refractivity contribution in [1.29, 1.82) is 0 Å². The zero-order chi connectivity index (χ0) is 19.2. The van der Waals surface area contributed by atoms with Crippen LogP contribution < -0.4 is 5.32 Å². The Hall–Kier alpha value is -2.67. The van der Waals surface area contributed by atoms with Crippen molar-refractivity contribution in [2.24, 2.45) is 0 Å². The lowest BCUT2D eigenvalue weighted by Crippen LogP contribution is -2.49. The molecule has 0 spiro atoms. The smallest absolute Gasteiger partial charge is 0.318 e. The molecule has 2 aromatic rings. The Labute approximate surface area is 158 Å². The van der Waals surface area contributed by atoms with Crippen LogP contribution in [0.3, 0.4) is 0 Å². The van der Waals surface area contributed by atoms with Crippen LogP contribution in [0.15, 0.2) is 42.6 Å². The fraction of sp³-hybridized carbons (Fsp3) is 0.400. The molecule has 1 aliphatic heterocycles. The van der Waals surface area contributed by atoms with Crippen LogP contribution in [0.4, 0.5) is 9.18 Å². The maximum Gasteiger partial charge on any atom is 0.318 e. The Kier molecular flexibility index (Phi) is 6.24. The molecular formula is C20H25FN4O2. The predicted octanol–water partition coefficient (Wildman–Crippen LogP) is 2.73. The van der Waals surface area contributed by atoms with Crippen LogP contribution >= 0.6 is 0 Å². The quantitative estimate of drug-likeness (QED) is 0.847. The van der Waals surface area contributed by atoms with E-state index in [4.69, 9.17) is 0 Å². The number of pyridine rings is 1. The first-order chi connectivity index (χ1) is 13.0. The molecular weight excluding hydrogens is 347 g/mol. The van der Waals surface area contributed by atoms with Gasteiger partial charge in [-0.15, -0.1) is 0 Å². The number of hydrogen-bond donors (Lipinski definition) is 2. The van der Waals surface area contributed by atoms with E-state index in [9.17, 15) is 14.3 Å². The standard InChI is InChI=1S/C20H25FN4O2/c1-24-10-8-18(9-11-24)25(14-17-7-6-16(21)13-22-17)20(27)23-12-15-4-2-3-5-19(15)26/h2-7,13,18,26H,8-12,14H2,1H3,(H,23,27). The molecule has 3 rings (SSSR count). The Balaban J connectivity index is 1.70. The second-order valence-electron chi connectivity index (χ2n) is 6.92. The summed E-state index contributed by atoms with van der Waals surface area (Å²) in [5.74, 6) is -0.238. The molecule has 2 N–H and O–H groups in total. The number of hydrogen-bond acceptors (Lipinski definition) is 4. The Bertz CT molecular complexity index is 761. The second kappa shape index (κ2) is 8.81. The molecule has 0 aliphatic carbocycles. The van der Waals surface area contributed by atoms with Crippen LogP contribution in [0, 0.1) is 5.82 Å². The van der Waals surface area contributed by atoms with Gasteiger partial charge in [-0.1, -0.05) is 18.2 Å². The van der Waals surface area contributed by atoms with Crippen molar-refractivity contribution in [1.82, 2.24) is 20.1 Å². The van der Waals surface area contributed by atoms with E-state index in [-0.39, 0.29) is 24.4 Å². The van der Waals surface area contributed by atoms with Gasteiger partial charge in [0, 0.05) is 18.2 Å². The molecule has 6 nitrogen and oxygen atoms in total. The van der Waals surface area contributed by atoms with Gasteiger partial charge in [-0.2, -0.15) is 0 Å². The number of amides is 2. The lowest BCUT2D eigenvalue weighted by molar-refractivity contribution is 0.126. The largest absolute Gasteiger partial charge is 0.508 e. The summed E-state index contributed by atoms with van der Waals surface area (Å²) in [6, 6.07) is 9.78. The number of para-hydroxylation sites is 1. The number of piperidine rings is 1. The molecule has 1 aliphatic rings. The van der Waals surface area contributed by atoms with E-state index in [0.29, 0.717) is 17.8 Å². The van der Waals surface area contributed by atoms with Gasteiger partial charge < -0.3 is 20.2 Å². The van der Waals surface area contributed by atoms with Crippen molar-refractivity contribution in [3.8, 4) is 5.75 Å². The van der Waals surface area contributed by atoms with Gasteiger partial charge in [0.1, 0.15) is 11.6 Å². The van der Waals surface area contributed by atoms with Gasteiger partial charge in [-0.3, -0.25) is 4.98 Å². The van der Waals surface area contributed by atoms with Crippen molar-refractivity contribution >= 4 is 6.03 Å². The van der Waals surface area contributed by atoms with Crippen molar-refractivity contribution in [3.05, 3.63) is 59.7 Å². The number of aromatic hydroxyl groups is 1. The maximum absolute atomic E-state index is 13.1. The highest BCUT2D eigenvalue weighted by molar-refractivity contribution is 5.74. The number of likely N-dealkylation sites (tertiary alicyclic amines) is 1. The van der Waals surface area contributed by atoms with Crippen molar-refractivity contribution in [2.45, 2.75) is 32.0 Å². The number of carbonyl (C=O) groups is 1. The van der Waals surface area contributed by atoms with Gasteiger partial charge in [-0.25, -0.2) is 9.18 Å². The SMILES string of the molecule is CN1CCC(N(Cc2ccc(F)cn2)C(=O)NCc2ccccc2O)CC1. The van der Waals surface area contributed by atoms with Crippen molar-refractivity contribution < 1.29 is 14.3 Å². The first-order valence-electron chi connectivity index (χ1n) is 9.13. The molecule has 1 aromatic carbocycles. The number of carbonyl (C=O) groups excluding carboxylic acids is 1. The van der Waals surface area contributed by atoms with Crippen LogP contribution in [0.25, 0.3) is 0 Å². The summed E-state index contributed by atoms with van der Waals surface area (Å²) in [6.45, 7) is 2.41. The van der Waals surface area contributed by atoms with Crippen LogP contribution in [-0.4, -0.2) is 52.1 Å². The van der Waals surface area contributed by atoms with Crippen molar-refractivity contribution in [3.63, 3.8) is 0 Å². The van der Waals surface area contributed by atoms with Crippen LogP contribution in [0.2, 0.25) is 0 Å². The molecule has 0 unspecified atom stereocenters. The minimum Gasteiger partial charge on any atom is -0.508 e. The first kappa shape index (κ1) is 19.1. The van der Waals surface area contributed by atoms with E-state index in [0.717, 1.165) is 25.9 Å². The minimum atomic E-state index is -0.395. The van der Waals surface area contributed by atoms with Gasteiger partial charge in [0.25, 0.3) is 0 Å². The number of halogens is 1. The molecule has 7 heteroatoms. The summed E-state index contributed by atoms with van der Waals surface area (Å²) in [5.41, 5.74) is 1.31. The van der Waals surface area contributed by atoms with Crippen LogP contribution in [-0.2, 0) is 13.1 Å². The highest BCUT2D eigenvalue weighted by Crippen LogP contribution is 2.19. The normalized spacial score (nSPS) is 15.5. The number of aromatic nitrogens is 1. The average Bonchev–Trinajstić information content (AvgIpc) is 2.67. The zero-order valence-electron chi connectivity index (χ0n) is 15.4. The van der Waals surface area contributed by atoms with Gasteiger partial charge in [0.2, 0.25) is 0 Å². The molecule has 1 aromatic heterocycles. The molecule has 0 saturated carbocycles. The summed E-state index contributed by atoms with van der Waals surface area (Å²) in [6.07, 6.45) is 2.92. The Morgan fingerprint density at radius 2 is 2.04 bits per heavy atom. The van der Waals surface area contributed by atoms with E-state index in [1.54, 1.807) is 29.2 Å². The summed E-state index contributed by atoms with van der Waals surface area (Å²) < 4.78 is 13.1. The van der Waals surface area contributed by atoms with Gasteiger partial charge >= 0.3 is 6.03 Å². The monoisotopic (exact) mass is 372 g/mol. The zero-order valence-corrected chi connectivity index (χ0v) is 15.4. The first-order valence-corrected chi connectivity index (χ1v) is 9.13. The van der Waals surface area contributed by atoms with Gasteiger partial charge in [0.05, 0.1) is 18.4 Å². The number of phenols is 1. The summed E-state index contributed by atoms with van der Waals surface area (Å²) >= 11 is 0.